The lowest BCUT2D eigenvalue weighted by atomic mass is 9.66. The lowest BCUT2D eigenvalue weighted by molar-refractivity contribution is -0.144. The molecule has 0 bridgehead atoms. The van der Waals surface area contributed by atoms with Gasteiger partial charge in [0.25, 0.3) is 0 Å². The maximum atomic E-state index is 11.5. The first-order valence-electron chi connectivity index (χ1n) is 7.80. The van der Waals surface area contributed by atoms with Crippen molar-refractivity contribution in [3.63, 3.8) is 0 Å². The Morgan fingerprint density at radius 1 is 1.33 bits per heavy atom. The highest BCUT2D eigenvalue weighted by atomic mass is 16.5. The summed E-state index contributed by atoms with van der Waals surface area (Å²) in [5.41, 5.74) is -0.854. The number of aliphatic hydroxyl groups is 2. The van der Waals surface area contributed by atoms with E-state index in [0.717, 1.165) is 6.42 Å². The Hall–Kier alpha value is -0.870. The third-order valence-electron chi connectivity index (χ3n) is 6.38. The minimum Gasteiger partial charge on any atom is -0.458 e. The van der Waals surface area contributed by atoms with E-state index in [-0.39, 0.29) is 28.6 Å². The summed E-state index contributed by atoms with van der Waals surface area (Å²) in [4.78, 5) is 11.3. The highest BCUT2D eigenvalue weighted by Crippen LogP contribution is 2.71. The predicted molar refractivity (Wildman–Crippen MR) is 78.4 cm³/mol. The average molecular weight is 294 g/mol. The summed E-state index contributed by atoms with van der Waals surface area (Å²) < 4.78 is 5.34. The van der Waals surface area contributed by atoms with Gasteiger partial charge in [-0.2, -0.15) is 0 Å². The molecule has 4 nitrogen and oxygen atoms in total. The Balaban J connectivity index is 2.01. The van der Waals surface area contributed by atoms with Crippen LogP contribution in [0.4, 0.5) is 0 Å². The molecule has 0 aromatic carbocycles. The van der Waals surface area contributed by atoms with Crippen LogP contribution < -0.4 is 0 Å². The predicted octanol–water partition coefficient (Wildman–Crippen LogP) is 2.04. The van der Waals surface area contributed by atoms with Crippen LogP contribution in [0.1, 0.15) is 47.0 Å². The molecule has 0 aromatic rings. The molecule has 3 aliphatic rings. The molecular weight excluding hydrogens is 268 g/mol. The van der Waals surface area contributed by atoms with Crippen LogP contribution in [0, 0.1) is 22.7 Å². The zero-order chi connectivity index (χ0) is 15.8. The van der Waals surface area contributed by atoms with Gasteiger partial charge in [-0.3, -0.25) is 4.79 Å². The third kappa shape index (κ3) is 1.72. The third-order valence-corrected chi connectivity index (χ3v) is 6.38. The summed E-state index contributed by atoms with van der Waals surface area (Å²) in [6, 6.07) is 0. The molecular formula is C17H26O4. The molecule has 0 radical (unpaired) electrons. The number of hydrogen-bond donors (Lipinski definition) is 2. The lowest BCUT2D eigenvalue weighted by Crippen LogP contribution is -2.47. The van der Waals surface area contributed by atoms with Gasteiger partial charge in [-0.1, -0.05) is 27.4 Å². The molecule has 0 aliphatic heterocycles. The summed E-state index contributed by atoms with van der Waals surface area (Å²) in [7, 11) is 0. The first-order chi connectivity index (χ1) is 9.53. The van der Waals surface area contributed by atoms with E-state index in [1.165, 1.54) is 6.92 Å². The largest absolute Gasteiger partial charge is 0.458 e. The van der Waals surface area contributed by atoms with Crippen LogP contribution in [0.2, 0.25) is 0 Å². The van der Waals surface area contributed by atoms with E-state index in [2.05, 4.69) is 27.4 Å². The number of rotatable bonds is 1. The van der Waals surface area contributed by atoms with Crippen LogP contribution in [0.3, 0.4) is 0 Å². The molecule has 3 aliphatic carbocycles. The Kier molecular flexibility index (Phi) is 2.94. The fourth-order valence-corrected chi connectivity index (χ4v) is 5.90. The van der Waals surface area contributed by atoms with Gasteiger partial charge in [0, 0.05) is 18.3 Å². The van der Waals surface area contributed by atoms with Gasteiger partial charge < -0.3 is 14.9 Å². The molecule has 3 rings (SSSR count). The monoisotopic (exact) mass is 294 g/mol. The second-order valence-electron chi connectivity index (χ2n) is 8.23. The van der Waals surface area contributed by atoms with Gasteiger partial charge in [0.1, 0.15) is 6.10 Å². The zero-order valence-corrected chi connectivity index (χ0v) is 13.3. The van der Waals surface area contributed by atoms with Crippen LogP contribution in [0.25, 0.3) is 0 Å². The van der Waals surface area contributed by atoms with E-state index in [9.17, 15) is 15.0 Å². The van der Waals surface area contributed by atoms with Gasteiger partial charge in [-0.25, -0.2) is 0 Å². The molecule has 0 saturated heterocycles. The number of ether oxygens (including phenoxy) is 1. The molecule has 0 heterocycles. The SMILES string of the molecule is C=C1[C@@H](OC(C)=O)C[C@@H]2C[C@]3(C)[C@@H](O)CC(C)(C)[C@@H]3[C@@]12O. The van der Waals surface area contributed by atoms with Crippen molar-refractivity contribution < 1.29 is 19.7 Å². The molecule has 4 heteroatoms. The molecule has 3 fully saturated rings. The standard InChI is InChI=1S/C17H26O4/c1-9-12(21-10(2)18)6-11-7-16(5)13(19)8-15(3,4)14(16)17(9,11)20/h11-14,19-20H,1,6-8H2,2-5H3/t11-,12+,13+,14+,16-,17-/m1/s1. The van der Waals surface area contributed by atoms with Crippen molar-refractivity contribution in [2.75, 3.05) is 0 Å². The maximum absolute atomic E-state index is 11.5. The molecule has 3 saturated carbocycles. The molecule has 6 atom stereocenters. The fourth-order valence-electron chi connectivity index (χ4n) is 5.90. The van der Waals surface area contributed by atoms with E-state index >= 15 is 0 Å². The number of aliphatic hydroxyl groups excluding tert-OH is 1. The van der Waals surface area contributed by atoms with E-state index in [1.807, 2.05) is 0 Å². The van der Waals surface area contributed by atoms with Gasteiger partial charge in [-0.05, 0) is 36.2 Å². The average Bonchev–Trinajstić information content (AvgIpc) is 2.75. The maximum Gasteiger partial charge on any atom is 0.303 e. The molecule has 118 valence electrons. The van der Waals surface area contributed by atoms with Crippen molar-refractivity contribution >= 4 is 5.97 Å². The molecule has 0 amide bonds. The van der Waals surface area contributed by atoms with Crippen molar-refractivity contribution in [3.8, 4) is 0 Å². The van der Waals surface area contributed by atoms with E-state index in [0.29, 0.717) is 18.4 Å². The fraction of sp³-hybridized carbons (Fsp3) is 0.824. The van der Waals surface area contributed by atoms with Gasteiger partial charge in [-0.15, -0.1) is 0 Å². The van der Waals surface area contributed by atoms with Crippen LogP contribution in [-0.2, 0) is 9.53 Å². The van der Waals surface area contributed by atoms with Gasteiger partial charge in [0.15, 0.2) is 0 Å². The van der Waals surface area contributed by atoms with Crippen LogP contribution >= 0.6 is 0 Å². The second kappa shape index (κ2) is 4.11. The molecule has 21 heavy (non-hydrogen) atoms. The Morgan fingerprint density at radius 3 is 2.52 bits per heavy atom. The minimum atomic E-state index is -1.03. The molecule has 2 N–H and O–H groups in total. The van der Waals surface area contributed by atoms with Crippen molar-refractivity contribution in [1.29, 1.82) is 0 Å². The van der Waals surface area contributed by atoms with Crippen LogP contribution in [0.15, 0.2) is 12.2 Å². The van der Waals surface area contributed by atoms with E-state index < -0.39 is 17.8 Å². The highest BCUT2D eigenvalue weighted by Gasteiger charge is 2.73. The summed E-state index contributed by atoms with van der Waals surface area (Å²) in [5, 5.41) is 22.0. The number of esters is 1. The van der Waals surface area contributed by atoms with Crippen LogP contribution in [-0.4, -0.2) is 34.0 Å². The molecule has 0 unspecified atom stereocenters. The Morgan fingerprint density at radius 2 is 1.95 bits per heavy atom. The smallest absolute Gasteiger partial charge is 0.303 e. The first-order valence-corrected chi connectivity index (χ1v) is 7.80. The quantitative estimate of drug-likeness (QED) is 0.574. The summed E-state index contributed by atoms with van der Waals surface area (Å²) in [5.74, 6) is -0.373. The van der Waals surface area contributed by atoms with E-state index in [1.54, 1.807) is 0 Å². The highest BCUT2D eigenvalue weighted by molar-refractivity contribution is 5.66. The Bertz CT molecular complexity index is 511. The number of hydrogen-bond acceptors (Lipinski definition) is 4. The van der Waals surface area contributed by atoms with Gasteiger partial charge in [0.05, 0.1) is 11.7 Å². The molecule has 0 spiro atoms. The summed E-state index contributed by atoms with van der Waals surface area (Å²) in [6.07, 6.45) is 1.27. The summed E-state index contributed by atoms with van der Waals surface area (Å²) in [6.45, 7) is 11.8. The lowest BCUT2D eigenvalue weighted by Gasteiger charge is -2.42. The van der Waals surface area contributed by atoms with Crippen molar-refractivity contribution in [2.45, 2.75) is 64.8 Å². The first kappa shape index (κ1) is 15.0. The van der Waals surface area contributed by atoms with Crippen molar-refractivity contribution in [1.82, 2.24) is 0 Å². The number of carbonyl (C=O) groups is 1. The summed E-state index contributed by atoms with van der Waals surface area (Å²) >= 11 is 0. The second-order valence-corrected chi connectivity index (χ2v) is 8.23. The van der Waals surface area contributed by atoms with Crippen LogP contribution in [0.5, 0.6) is 0 Å². The normalized spacial score (nSPS) is 50.9. The van der Waals surface area contributed by atoms with Gasteiger partial charge in [0.2, 0.25) is 0 Å². The van der Waals surface area contributed by atoms with Crippen molar-refractivity contribution in [2.24, 2.45) is 22.7 Å². The van der Waals surface area contributed by atoms with Crippen molar-refractivity contribution in [3.05, 3.63) is 12.2 Å². The molecule has 0 aromatic heterocycles. The minimum absolute atomic E-state index is 0.0126. The van der Waals surface area contributed by atoms with E-state index in [4.69, 9.17) is 4.74 Å². The number of carbonyl (C=O) groups excluding carboxylic acids is 1. The number of fused-ring (bicyclic) bond motifs is 3. The zero-order valence-electron chi connectivity index (χ0n) is 13.3. The van der Waals surface area contributed by atoms with Gasteiger partial charge >= 0.3 is 5.97 Å². The Labute approximate surface area is 126 Å². The topological polar surface area (TPSA) is 66.8 Å².